The number of allylic oxidation sites excluding steroid dienone is 4. The lowest BCUT2D eigenvalue weighted by molar-refractivity contribution is 0.580. The molecular formula is C26H38P2. The maximum atomic E-state index is 2.66. The van der Waals surface area contributed by atoms with Gasteiger partial charge in [-0.2, -0.15) is 0 Å². The molecule has 6 atom stereocenters. The molecule has 0 amide bonds. The molecule has 0 aromatic heterocycles. The van der Waals surface area contributed by atoms with Gasteiger partial charge in [0.1, 0.15) is 0 Å². The molecule has 0 N–H and O–H groups in total. The maximum absolute atomic E-state index is 2.66. The average Bonchev–Trinajstić information content (AvgIpc) is 2.95. The molecule has 3 aliphatic rings. The van der Waals surface area contributed by atoms with Crippen LogP contribution in [0.1, 0.15) is 71.6 Å². The smallest absolute Gasteiger partial charge is 0.0302 e. The Hall–Kier alpha value is -0.440. The summed E-state index contributed by atoms with van der Waals surface area (Å²) in [6, 6.07) is 11.7. The summed E-state index contributed by atoms with van der Waals surface area (Å²) in [7, 11) is 0.172. The SMILES string of the molecule is CCCCCCCCCCP1C2C(C)CC3C=CC=CC32P1c1ccccc1. The number of hydrogen-bond acceptors (Lipinski definition) is 0. The van der Waals surface area contributed by atoms with Crippen molar-refractivity contribution in [1.29, 1.82) is 0 Å². The minimum absolute atomic E-state index is 0.00736. The van der Waals surface area contributed by atoms with Crippen LogP contribution in [0.3, 0.4) is 0 Å². The molecule has 2 fully saturated rings. The van der Waals surface area contributed by atoms with Crippen LogP contribution in [-0.4, -0.2) is 17.0 Å². The summed E-state index contributed by atoms with van der Waals surface area (Å²) < 4.78 is 0. The summed E-state index contributed by atoms with van der Waals surface area (Å²) in [6.07, 6.45) is 24.4. The topological polar surface area (TPSA) is 0 Å². The molecule has 6 unspecified atom stereocenters. The minimum Gasteiger partial charge on any atom is -0.0801 e. The first-order valence-electron chi connectivity index (χ1n) is 11.8. The molecule has 1 aliphatic heterocycles. The van der Waals surface area contributed by atoms with E-state index in [2.05, 4.69) is 68.5 Å². The van der Waals surface area contributed by atoms with E-state index in [1.165, 1.54) is 63.9 Å². The lowest BCUT2D eigenvalue weighted by Crippen LogP contribution is -2.50. The van der Waals surface area contributed by atoms with E-state index >= 15 is 0 Å². The maximum Gasteiger partial charge on any atom is 0.0302 e. The van der Waals surface area contributed by atoms with Gasteiger partial charge in [-0.05, 0) is 43.8 Å². The van der Waals surface area contributed by atoms with Gasteiger partial charge in [0.25, 0.3) is 0 Å². The quantitative estimate of drug-likeness (QED) is 0.268. The Morgan fingerprint density at radius 1 is 0.929 bits per heavy atom. The molecule has 1 heterocycles. The van der Waals surface area contributed by atoms with Crippen molar-refractivity contribution in [3.63, 3.8) is 0 Å². The zero-order valence-corrected chi connectivity index (χ0v) is 19.7. The van der Waals surface area contributed by atoms with Crippen LogP contribution in [-0.2, 0) is 0 Å². The largest absolute Gasteiger partial charge is 0.0801 e. The van der Waals surface area contributed by atoms with E-state index in [9.17, 15) is 0 Å². The van der Waals surface area contributed by atoms with Gasteiger partial charge in [-0.15, -0.1) is 0 Å². The highest BCUT2D eigenvalue weighted by molar-refractivity contribution is 8.37. The summed E-state index contributed by atoms with van der Waals surface area (Å²) in [5.41, 5.74) is 0.990. The molecule has 4 rings (SSSR count). The first-order valence-corrected chi connectivity index (χ1v) is 15.4. The van der Waals surface area contributed by atoms with E-state index in [0.29, 0.717) is 5.16 Å². The molecule has 0 nitrogen and oxygen atoms in total. The number of hydrogen-bond donors (Lipinski definition) is 0. The second-order valence-electron chi connectivity index (χ2n) is 9.18. The van der Waals surface area contributed by atoms with Gasteiger partial charge in [0, 0.05) is 10.8 Å². The summed E-state index contributed by atoms with van der Waals surface area (Å²) >= 11 is 0. The van der Waals surface area contributed by atoms with Crippen LogP contribution in [0.15, 0.2) is 54.6 Å². The predicted octanol–water partition coefficient (Wildman–Crippen LogP) is 8.23. The van der Waals surface area contributed by atoms with E-state index in [4.69, 9.17) is 0 Å². The molecule has 2 heteroatoms. The van der Waals surface area contributed by atoms with Gasteiger partial charge in [-0.1, -0.05) is 121 Å². The Kier molecular flexibility index (Phi) is 7.12. The molecular weight excluding hydrogens is 374 g/mol. The number of unbranched alkanes of at least 4 members (excludes halogenated alkanes) is 7. The van der Waals surface area contributed by atoms with E-state index in [1.807, 2.05) is 0 Å². The summed E-state index contributed by atoms with van der Waals surface area (Å²) in [4.78, 5) is 0. The van der Waals surface area contributed by atoms with Gasteiger partial charge < -0.3 is 0 Å². The molecule has 152 valence electrons. The van der Waals surface area contributed by atoms with Crippen molar-refractivity contribution in [3.8, 4) is 0 Å². The molecule has 1 saturated heterocycles. The van der Waals surface area contributed by atoms with E-state index < -0.39 is 0 Å². The Morgan fingerprint density at radius 3 is 2.39 bits per heavy atom. The van der Waals surface area contributed by atoms with Crippen molar-refractivity contribution in [3.05, 3.63) is 54.6 Å². The van der Waals surface area contributed by atoms with Crippen LogP contribution in [0.25, 0.3) is 0 Å². The van der Waals surface area contributed by atoms with Crippen LogP contribution in [0, 0.1) is 11.8 Å². The molecule has 0 bridgehead atoms. The highest BCUT2D eigenvalue weighted by atomic mass is 32.1. The summed E-state index contributed by atoms with van der Waals surface area (Å²) in [5, 5.41) is 2.20. The Bertz CT molecular complexity index is 679. The van der Waals surface area contributed by atoms with Gasteiger partial charge in [0.2, 0.25) is 0 Å². The van der Waals surface area contributed by atoms with E-state index in [1.54, 1.807) is 5.30 Å². The molecule has 0 radical (unpaired) electrons. The van der Waals surface area contributed by atoms with Crippen LogP contribution < -0.4 is 5.30 Å². The van der Waals surface area contributed by atoms with Gasteiger partial charge in [0.05, 0.1) is 0 Å². The van der Waals surface area contributed by atoms with Crippen molar-refractivity contribution in [2.75, 3.05) is 6.16 Å². The monoisotopic (exact) mass is 412 g/mol. The fourth-order valence-electron chi connectivity index (χ4n) is 6.02. The standard InChI is InChI=1S/C26H38P2/c1-3-4-5-6-7-8-9-15-20-27-25-22(2)21-23-16-13-14-19-26(23,25)28(27)24-17-11-10-12-18-24/h10-14,16-19,22-23,25H,3-9,15,20-21H2,1-2H3. The van der Waals surface area contributed by atoms with Crippen LogP contribution in [0.4, 0.5) is 0 Å². The van der Waals surface area contributed by atoms with Gasteiger partial charge >= 0.3 is 0 Å². The lowest BCUT2D eigenvalue weighted by atomic mass is 9.90. The molecule has 1 spiro atoms. The van der Waals surface area contributed by atoms with E-state index in [-0.39, 0.29) is 15.2 Å². The van der Waals surface area contributed by atoms with E-state index in [0.717, 1.165) is 17.5 Å². The highest BCUT2D eigenvalue weighted by Gasteiger charge is 2.68. The van der Waals surface area contributed by atoms with Crippen LogP contribution in [0.2, 0.25) is 0 Å². The minimum atomic E-state index is -0.00736. The highest BCUT2D eigenvalue weighted by Crippen LogP contribution is 2.94. The molecule has 1 aromatic rings. The van der Waals surface area contributed by atoms with Gasteiger partial charge in [-0.3, -0.25) is 0 Å². The lowest BCUT2D eigenvalue weighted by Gasteiger charge is -2.62. The van der Waals surface area contributed by atoms with Crippen molar-refractivity contribution in [2.45, 2.75) is 82.4 Å². The van der Waals surface area contributed by atoms with Crippen LogP contribution in [0.5, 0.6) is 0 Å². The zero-order chi connectivity index (χ0) is 19.4. The molecule has 2 aliphatic carbocycles. The first kappa shape index (κ1) is 20.8. The van der Waals surface area contributed by atoms with Crippen molar-refractivity contribution < 1.29 is 0 Å². The molecule has 28 heavy (non-hydrogen) atoms. The third-order valence-electron chi connectivity index (χ3n) is 7.24. The average molecular weight is 413 g/mol. The Morgan fingerprint density at radius 2 is 1.64 bits per heavy atom. The first-order chi connectivity index (χ1) is 13.8. The zero-order valence-electron chi connectivity index (χ0n) is 17.9. The number of rotatable bonds is 10. The normalized spacial score (nSPS) is 35.4. The van der Waals surface area contributed by atoms with Crippen molar-refractivity contribution >= 4 is 20.5 Å². The summed E-state index contributed by atoms with van der Waals surface area (Å²) in [6.45, 7) is 4.87. The Balaban J connectivity index is 1.40. The van der Waals surface area contributed by atoms with Crippen molar-refractivity contribution in [1.82, 2.24) is 0 Å². The predicted molar refractivity (Wildman–Crippen MR) is 129 cm³/mol. The second kappa shape index (κ2) is 9.58. The summed E-state index contributed by atoms with van der Waals surface area (Å²) in [5.74, 6) is 1.72. The van der Waals surface area contributed by atoms with Gasteiger partial charge in [0.15, 0.2) is 0 Å². The fraction of sp³-hybridized carbons (Fsp3) is 0.615. The fourth-order valence-corrected chi connectivity index (χ4v) is 18.2. The second-order valence-corrected chi connectivity index (χ2v) is 15.7. The number of benzene rings is 1. The Labute approximate surface area is 175 Å². The van der Waals surface area contributed by atoms with Crippen molar-refractivity contribution in [2.24, 2.45) is 11.8 Å². The van der Waals surface area contributed by atoms with Crippen LogP contribution >= 0.6 is 15.2 Å². The third kappa shape index (κ3) is 3.82. The molecule has 1 saturated carbocycles. The molecule has 1 aromatic carbocycles. The third-order valence-corrected chi connectivity index (χ3v) is 17.2. The van der Waals surface area contributed by atoms with Gasteiger partial charge in [-0.25, -0.2) is 0 Å².